The second-order valence-electron chi connectivity index (χ2n) is 6.47. The predicted octanol–water partition coefficient (Wildman–Crippen LogP) is 3.48. The van der Waals surface area contributed by atoms with E-state index in [4.69, 9.17) is 14.2 Å². The van der Waals surface area contributed by atoms with Gasteiger partial charge in [0, 0.05) is 11.4 Å². The van der Waals surface area contributed by atoms with Gasteiger partial charge in [-0.05, 0) is 47.8 Å². The summed E-state index contributed by atoms with van der Waals surface area (Å²) in [6.07, 6.45) is 0. The first kappa shape index (κ1) is 22.6. The maximum atomic E-state index is 13.3. The van der Waals surface area contributed by atoms with Crippen molar-refractivity contribution in [2.45, 2.75) is 10.1 Å². The smallest absolute Gasteiger partial charge is 0.257 e. The molecule has 9 heteroatoms. The maximum Gasteiger partial charge on any atom is 0.257 e. The molecule has 0 bridgehead atoms. The number of carbonyl (C=O) groups excluding carboxylic acids is 1. The van der Waals surface area contributed by atoms with Crippen LogP contribution >= 0.6 is 11.3 Å². The van der Waals surface area contributed by atoms with Crippen LogP contribution in [0.5, 0.6) is 17.2 Å². The zero-order valence-corrected chi connectivity index (χ0v) is 18.7. The highest BCUT2D eigenvalue weighted by molar-refractivity contribution is 7.91. The van der Waals surface area contributed by atoms with E-state index in [1.807, 2.05) is 0 Å². The summed E-state index contributed by atoms with van der Waals surface area (Å²) < 4.78 is 42.3. The van der Waals surface area contributed by atoms with Gasteiger partial charge in [-0.1, -0.05) is 18.2 Å². The molecule has 0 aliphatic heterocycles. The summed E-state index contributed by atoms with van der Waals surface area (Å²) in [5.41, 5.74) is 0. The van der Waals surface area contributed by atoms with Crippen LogP contribution in [0.15, 0.2) is 70.9 Å². The van der Waals surface area contributed by atoms with Crippen molar-refractivity contribution in [2.24, 2.45) is 0 Å². The van der Waals surface area contributed by atoms with E-state index in [0.29, 0.717) is 22.1 Å². The number of para-hydroxylation sites is 2. The molecule has 1 atom stereocenters. The number of hydrogen-bond acceptors (Lipinski definition) is 7. The number of methoxy groups -OCH3 is 2. The number of nitrogens with one attached hydrogen (secondary N) is 1. The molecule has 1 heterocycles. The second-order valence-corrected chi connectivity index (χ2v) is 9.58. The molecule has 1 aromatic heterocycles. The first-order valence-corrected chi connectivity index (χ1v) is 11.8. The van der Waals surface area contributed by atoms with Gasteiger partial charge in [0.2, 0.25) is 0 Å². The van der Waals surface area contributed by atoms with E-state index in [2.05, 4.69) is 5.32 Å². The molecule has 31 heavy (non-hydrogen) atoms. The van der Waals surface area contributed by atoms with Gasteiger partial charge in [-0.2, -0.15) is 0 Å². The summed E-state index contributed by atoms with van der Waals surface area (Å²) in [5, 5.41) is 3.56. The molecule has 1 N–H and O–H groups in total. The van der Waals surface area contributed by atoms with Gasteiger partial charge in [-0.3, -0.25) is 4.79 Å². The highest BCUT2D eigenvalue weighted by atomic mass is 32.2. The highest BCUT2D eigenvalue weighted by Crippen LogP contribution is 2.32. The molecule has 164 valence electrons. The van der Waals surface area contributed by atoms with Crippen molar-refractivity contribution in [2.75, 3.05) is 27.4 Å². The fourth-order valence-electron chi connectivity index (χ4n) is 2.91. The largest absolute Gasteiger partial charge is 0.497 e. The number of sulfone groups is 1. The molecule has 2 aromatic carbocycles. The van der Waals surface area contributed by atoms with Crippen molar-refractivity contribution in [3.8, 4) is 17.2 Å². The van der Waals surface area contributed by atoms with Crippen molar-refractivity contribution in [3.63, 3.8) is 0 Å². The van der Waals surface area contributed by atoms with Crippen LogP contribution in [0.1, 0.15) is 10.1 Å². The molecule has 1 unspecified atom stereocenters. The Labute approximate surface area is 185 Å². The van der Waals surface area contributed by atoms with Crippen LogP contribution in [-0.2, 0) is 14.6 Å². The van der Waals surface area contributed by atoms with Crippen molar-refractivity contribution in [3.05, 3.63) is 70.9 Å². The summed E-state index contributed by atoms with van der Waals surface area (Å²) in [4.78, 5) is 13.2. The average Bonchev–Trinajstić information content (AvgIpc) is 3.32. The number of thiophene rings is 1. The minimum atomic E-state index is -3.74. The van der Waals surface area contributed by atoms with Crippen molar-refractivity contribution in [1.29, 1.82) is 0 Å². The number of rotatable bonds is 10. The Morgan fingerprint density at radius 3 is 2.29 bits per heavy atom. The molecule has 3 rings (SSSR count). The van der Waals surface area contributed by atoms with E-state index in [0.717, 1.165) is 0 Å². The van der Waals surface area contributed by atoms with Crippen LogP contribution in [0, 0.1) is 0 Å². The van der Waals surface area contributed by atoms with E-state index >= 15 is 0 Å². The Kier molecular flexibility index (Phi) is 7.54. The molecule has 0 spiro atoms. The standard InChI is InChI=1S/C22H23NO6S2/c1-27-16-9-11-17(12-10-16)31(25,26)21(20-8-5-13-30-20)14-23-22(24)15-29-19-7-4-3-6-18(19)28-2/h3-13,21H,14-15H2,1-2H3,(H,23,24). The summed E-state index contributed by atoms with van der Waals surface area (Å²) in [6, 6.07) is 16.7. The zero-order valence-electron chi connectivity index (χ0n) is 17.1. The Balaban J connectivity index is 1.71. The average molecular weight is 462 g/mol. The van der Waals surface area contributed by atoms with Gasteiger partial charge in [-0.25, -0.2) is 8.42 Å². The second kappa shape index (κ2) is 10.3. The lowest BCUT2D eigenvalue weighted by Crippen LogP contribution is -2.34. The summed E-state index contributed by atoms with van der Waals surface area (Å²) in [7, 11) is -0.717. The Hall–Kier alpha value is -3.04. The van der Waals surface area contributed by atoms with Crippen LogP contribution < -0.4 is 19.5 Å². The first-order valence-electron chi connectivity index (χ1n) is 9.39. The Bertz CT molecular complexity index is 1100. The fourth-order valence-corrected chi connectivity index (χ4v) is 5.69. The summed E-state index contributed by atoms with van der Waals surface area (Å²) in [6.45, 7) is -0.344. The number of carbonyl (C=O) groups is 1. The molecule has 0 saturated heterocycles. The highest BCUT2D eigenvalue weighted by Gasteiger charge is 2.30. The molecular weight excluding hydrogens is 438 g/mol. The van der Waals surface area contributed by atoms with Crippen molar-refractivity contribution in [1.82, 2.24) is 5.32 Å². The molecule has 0 aliphatic carbocycles. The van der Waals surface area contributed by atoms with Crippen LogP contribution in [0.3, 0.4) is 0 Å². The van der Waals surface area contributed by atoms with Crippen molar-refractivity contribution >= 4 is 27.1 Å². The van der Waals surface area contributed by atoms with Gasteiger partial charge in [0.05, 0.1) is 19.1 Å². The monoisotopic (exact) mass is 461 g/mol. The lowest BCUT2D eigenvalue weighted by atomic mass is 10.3. The van der Waals surface area contributed by atoms with Gasteiger partial charge in [-0.15, -0.1) is 11.3 Å². The summed E-state index contributed by atoms with van der Waals surface area (Å²) >= 11 is 1.32. The van der Waals surface area contributed by atoms with Gasteiger partial charge in [0.25, 0.3) is 5.91 Å². The van der Waals surface area contributed by atoms with Crippen molar-refractivity contribution < 1.29 is 27.4 Å². The molecule has 0 radical (unpaired) electrons. The van der Waals surface area contributed by atoms with E-state index in [9.17, 15) is 13.2 Å². The minimum absolute atomic E-state index is 0.0804. The molecule has 7 nitrogen and oxygen atoms in total. The number of amides is 1. The number of benzene rings is 2. The minimum Gasteiger partial charge on any atom is -0.497 e. The summed E-state index contributed by atoms with van der Waals surface area (Å²) in [5.74, 6) is 1.07. The Morgan fingerprint density at radius 1 is 0.968 bits per heavy atom. The van der Waals surface area contributed by atoms with Crippen LogP contribution in [0.25, 0.3) is 0 Å². The third kappa shape index (κ3) is 5.56. The molecule has 0 saturated carbocycles. The number of ether oxygens (including phenoxy) is 3. The molecule has 1 amide bonds. The third-order valence-corrected chi connectivity index (χ3v) is 7.77. The molecular formula is C22H23NO6S2. The zero-order chi connectivity index (χ0) is 22.3. The normalized spacial score (nSPS) is 12.1. The first-order chi connectivity index (χ1) is 15.0. The maximum absolute atomic E-state index is 13.3. The van der Waals surface area contributed by atoms with Crippen LogP contribution in [0.2, 0.25) is 0 Å². The Morgan fingerprint density at radius 2 is 1.68 bits per heavy atom. The van der Waals surface area contributed by atoms with Crippen LogP contribution in [-0.4, -0.2) is 41.7 Å². The quantitative estimate of drug-likeness (QED) is 0.497. The molecule has 3 aromatic rings. The fraction of sp³-hybridized carbons (Fsp3) is 0.227. The van der Waals surface area contributed by atoms with Gasteiger partial charge < -0.3 is 19.5 Å². The van der Waals surface area contributed by atoms with E-state index < -0.39 is 21.0 Å². The van der Waals surface area contributed by atoms with E-state index in [1.54, 1.807) is 53.9 Å². The molecule has 0 aliphatic rings. The SMILES string of the molecule is COc1ccc(S(=O)(=O)C(CNC(=O)COc2ccccc2OC)c2cccs2)cc1. The van der Waals surface area contributed by atoms with Gasteiger partial charge >= 0.3 is 0 Å². The van der Waals surface area contributed by atoms with E-state index in [1.165, 1.54) is 37.7 Å². The topological polar surface area (TPSA) is 90.9 Å². The number of hydrogen-bond donors (Lipinski definition) is 1. The van der Waals surface area contributed by atoms with Crippen LogP contribution in [0.4, 0.5) is 0 Å². The van der Waals surface area contributed by atoms with E-state index in [-0.39, 0.29) is 18.0 Å². The van der Waals surface area contributed by atoms with Gasteiger partial charge in [0.1, 0.15) is 11.0 Å². The third-order valence-electron chi connectivity index (χ3n) is 4.54. The predicted molar refractivity (Wildman–Crippen MR) is 119 cm³/mol. The lowest BCUT2D eigenvalue weighted by molar-refractivity contribution is -0.123. The molecule has 0 fully saturated rings. The van der Waals surface area contributed by atoms with Gasteiger partial charge in [0.15, 0.2) is 27.9 Å². The lowest BCUT2D eigenvalue weighted by Gasteiger charge is -2.18.